The van der Waals surface area contributed by atoms with Crippen molar-refractivity contribution >= 4 is 28.5 Å². The molecule has 1 saturated heterocycles. The van der Waals surface area contributed by atoms with Gasteiger partial charge >= 0.3 is 5.97 Å². The van der Waals surface area contributed by atoms with Crippen LogP contribution in [0.2, 0.25) is 5.02 Å². The van der Waals surface area contributed by atoms with E-state index in [1.54, 1.807) is 0 Å². The normalized spacial score (nSPS) is 15.4. The van der Waals surface area contributed by atoms with E-state index in [4.69, 9.17) is 16.3 Å². The van der Waals surface area contributed by atoms with Crippen LogP contribution in [0.3, 0.4) is 0 Å². The van der Waals surface area contributed by atoms with E-state index in [0.717, 1.165) is 60.2 Å². The first-order chi connectivity index (χ1) is 16.1. The number of likely N-dealkylation sites (tertiary alicyclic amines) is 1. The van der Waals surface area contributed by atoms with Crippen molar-refractivity contribution in [3.63, 3.8) is 0 Å². The Hall–Kier alpha value is -2.88. The van der Waals surface area contributed by atoms with Crippen molar-refractivity contribution in [2.75, 3.05) is 13.1 Å². The zero-order chi connectivity index (χ0) is 24.5. The van der Waals surface area contributed by atoms with E-state index in [1.165, 1.54) is 0 Å². The van der Waals surface area contributed by atoms with E-state index in [9.17, 15) is 10.1 Å². The molecular formula is C27H31ClN4O2. The predicted octanol–water partition coefficient (Wildman–Crippen LogP) is 5.71. The van der Waals surface area contributed by atoms with E-state index < -0.39 is 5.60 Å². The summed E-state index contributed by atoms with van der Waals surface area (Å²) >= 11 is 6.20. The van der Waals surface area contributed by atoms with Crippen LogP contribution in [0.15, 0.2) is 36.7 Å². The number of ether oxygens (including phenoxy) is 1. The average molecular weight is 479 g/mol. The maximum Gasteiger partial charge on any atom is 0.306 e. The number of esters is 1. The molecule has 6 nitrogen and oxygen atoms in total. The first-order valence-electron chi connectivity index (χ1n) is 11.7. The largest absolute Gasteiger partial charge is 0.460 e. The van der Waals surface area contributed by atoms with Gasteiger partial charge in [-0.2, -0.15) is 5.26 Å². The summed E-state index contributed by atoms with van der Waals surface area (Å²) in [5.74, 6) is 0.267. The Bertz CT molecular complexity index is 1240. The molecule has 0 N–H and O–H groups in total. The third kappa shape index (κ3) is 5.43. The first-order valence-corrected chi connectivity index (χ1v) is 12.1. The van der Waals surface area contributed by atoms with Crippen LogP contribution in [0.25, 0.3) is 22.2 Å². The predicted molar refractivity (Wildman–Crippen MR) is 134 cm³/mol. The smallest absolute Gasteiger partial charge is 0.306 e. The van der Waals surface area contributed by atoms with Gasteiger partial charge in [-0.05, 0) is 82.4 Å². The van der Waals surface area contributed by atoms with Crippen LogP contribution in [0, 0.1) is 17.2 Å². The molecule has 0 atom stereocenters. The lowest BCUT2D eigenvalue weighted by Gasteiger charge is -2.32. The Morgan fingerprint density at radius 2 is 1.97 bits per heavy atom. The molecule has 0 bridgehead atoms. The van der Waals surface area contributed by atoms with Gasteiger partial charge in [-0.1, -0.05) is 11.6 Å². The number of nitrogens with zero attached hydrogens (tertiary/aromatic N) is 4. The van der Waals surface area contributed by atoms with Crippen molar-refractivity contribution in [2.24, 2.45) is 13.0 Å². The van der Waals surface area contributed by atoms with Gasteiger partial charge in [0, 0.05) is 48.4 Å². The number of aromatic nitrogens is 2. The summed E-state index contributed by atoms with van der Waals surface area (Å²) in [5, 5.41) is 11.4. The first kappa shape index (κ1) is 24.3. The van der Waals surface area contributed by atoms with Gasteiger partial charge in [0.05, 0.1) is 16.8 Å². The molecule has 0 unspecified atom stereocenters. The molecule has 0 radical (unpaired) electrons. The molecule has 3 aromatic rings. The zero-order valence-electron chi connectivity index (χ0n) is 20.3. The Morgan fingerprint density at radius 3 is 2.65 bits per heavy atom. The van der Waals surface area contributed by atoms with Gasteiger partial charge < -0.3 is 9.30 Å². The van der Waals surface area contributed by atoms with E-state index in [2.05, 4.69) is 22.0 Å². The number of hydrogen-bond donors (Lipinski definition) is 0. The van der Waals surface area contributed by atoms with Crippen molar-refractivity contribution < 1.29 is 9.53 Å². The van der Waals surface area contributed by atoms with E-state index in [-0.39, 0.29) is 5.97 Å². The maximum absolute atomic E-state index is 12.2. The van der Waals surface area contributed by atoms with Crippen molar-refractivity contribution in [2.45, 2.75) is 52.2 Å². The van der Waals surface area contributed by atoms with Gasteiger partial charge in [-0.25, -0.2) is 0 Å². The summed E-state index contributed by atoms with van der Waals surface area (Å²) in [6, 6.07) is 10.1. The SMILES string of the molecule is Cn1c(-c2cncc(CN3CCC(CC(=O)OC(C)(C)C)CC3)c2)c(C#N)c2ccc(Cl)cc21. The Balaban J connectivity index is 1.45. The molecule has 0 amide bonds. The minimum Gasteiger partial charge on any atom is -0.460 e. The number of piperidine rings is 1. The summed E-state index contributed by atoms with van der Waals surface area (Å²) in [6.45, 7) is 8.38. The number of halogens is 1. The molecule has 3 heterocycles. The van der Waals surface area contributed by atoms with Crippen LogP contribution in [0.5, 0.6) is 0 Å². The molecule has 0 saturated carbocycles. The molecule has 1 aliphatic rings. The molecule has 1 fully saturated rings. The Labute approximate surface area is 206 Å². The van der Waals surface area contributed by atoms with E-state index >= 15 is 0 Å². The van der Waals surface area contributed by atoms with Crippen LogP contribution in [-0.4, -0.2) is 39.1 Å². The Kier molecular flexibility index (Phi) is 6.97. The molecule has 1 aromatic carbocycles. The van der Waals surface area contributed by atoms with Crippen molar-refractivity contribution in [3.05, 3.63) is 52.8 Å². The lowest BCUT2D eigenvalue weighted by atomic mass is 9.93. The number of fused-ring (bicyclic) bond motifs is 1. The van der Waals surface area contributed by atoms with Crippen LogP contribution < -0.4 is 0 Å². The standard InChI is InChI=1S/C27H31ClN4O2/c1-27(2,3)34-25(33)12-18-7-9-32(10-8-18)17-19-11-20(16-30-15-19)26-23(14-29)22-6-5-21(28)13-24(22)31(26)4/h5-6,11,13,15-16,18H,7-10,12,17H2,1-4H3. The number of aryl methyl sites for hydroxylation is 1. The lowest BCUT2D eigenvalue weighted by Crippen LogP contribution is -2.34. The molecule has 0 spiro atoms. The minimum atomic E-state index is -0.433. The third-order valence-electron chi connectivity index (χ3n) is 6.33. The van der Waals surface area contributed by atoms with Crippen molar-refractivity contribution in [3.8, 4) is 17.3 Å². The molecule has 7 heteroatoms. The van der Waals surface area contributed by atoms with Crippen LogP contribution in [-0.2, 0) is 23.1 Å². The minimum absolute atomic E-state index is 0.104. The molecule has 34 heavy (non-hydrogen) atoms. The molecule has 178 valence electrons. The second-order valence-corrected chi connectivity index (χ2v) is 10.6. The lowest BCUT2D eigenvalue weighted by molar-refractivity contribution is -0.156. The fourth-order valence-corrected chi connectivity index (χ4v) is 4.96. The summed E-state index contributed by atoms with van der Waals surface area (Å²) in [4.78, 5) is 19.0. The number of benzene rings is 1. The highest BCUT2D eigenvalue weighted by Crippen LogP contribution is 2.34. The van der Waals surface area contributed by atoms with Gasteiger partial charge in [0.15, 0.2) is 0 Å². The fraction of sp³-hybridized carbons (Fsp3) is 0.444. The summed E-state index contributed by atoms with van der Waals surface area (Å²) in [5.41, 5.74) is 4.01. The maximum atomic E-state index is 12.2. The van der Waals surface area contributed by atoms with Gasteiger partial charge in [-0.3, -0.25) is 14.7 Å². The summed E-state index contributed by atoms with van der Waals surface area (Å²) in [7, 11) is 1.96. The molecule has 2 aromatic heterocycles. The summed E-state index contributed by atoms with van der Waals surface area (Å²) < 4.78 is 7.50. The summed E-state index contributed by atoms with van der Waals surface area (Å²) in [6.07, 6.45) is 6.16. The topological polar surface area (TPSA) is 71.2 Å². The van der Waals surface area contributed by atoms with Gasteiger partial charge in [0.1, 0.15) is 11.7 Å². The number of rotatable bonds is 5. The van der Waals surface area contributed by atoms with Crippen molar-refractivity contribution in [1.82, 2.24) is 14.5 Å². The van der Waals surface area contributed by atoms with E-state index in [0.29, 0.717) is 22.9 Å². The van der Waals surface area contributed by atoms with E-state index in [1.807, 2.05) is 63.0 Å². The molecule has 4 rings (SSSR count). The third-order valence-corrected chi connectivity index (χ3v) is 6.57. The van der Waals surface area contributed by atoms with Gasteiger partial charge in [-0.15, -0.1) is 0 Å². The Morgan fingerprint density at radius 1 is 1.24 bits per heavy atom. The van der Waals surface area contributed by atoms with Crippen molar-refractivity contribution in [1.29, 1.82) is 5.26 Å². The number of pyridine rings is 1. The van der Waals surface area contributed by atoms with Gasteiger partial charge in [0.2, 0.25) is 0 Å². The molecular weight excluding hydrogens is 448 g/mol. The van der Waals surface area contributed by atoms with Crippen LogP contribution >= 0.6 is 11.6 Å². The van der Waals surface area contributed by atoms with Crippen LogP contribution in [0.1, 0.15) is 51.2 Å². The zero-order valence-corrected chi connectivity index (χ0v) is 21.0. The molecule has 0 aliphatic carbocycles. The number of carbonyl (C=O) groups excluding carboxylic acids is 1. The highest BCUT2D eigenvalue weighted by Gasteiger charge is 2.25. The van der Waals surface area contributed by atoms with Gasteiger partial charge in [0.25, 0.3) is 0 Å². The number of carbonyl (C=O) groups is 1. The highest BCUT2D eigenvalue weighted by molar-refractivity contribution is 6.31. The quantitative estimate of drug-likeness (QED) is 0.439. The second kappa shape index (κ2) is 9.77. The number of hydrogen-bond acceptors (Lipinski definition) is 5. The number of nitriles is 1. The van der Waals surface area contributed by atoms with Crippen LogP contribution in [0.4, 0.5) is 0 Å². The monoisotopic (exact) mass is 478 g/mol. The fourth-order valence-electron chi connectivity index (χ4n) is 4.79. The highest BCUT2D eigenvalue weighted by atomic mass is 35.5. The molecule has 1 aliphatic heterocycles. The second-order valence-electron chi connectivity index (χ2n) is 10.1. The average Bonchev–Trinajstić information content (AvgIpc) is 3.05.